The summed E-state index contributed by atoms with van der Waals surface area (Å²) in [6.07, 6.45) is 3.23. The first kappa shape index (κ1) is 16.5. The van der Waals surface area contributed by atoms with Gasteiger partial charge in [-0.3, -0.25) is 0 Å². The Bertz CT molecular complexity index is 1180. The summed E-state index contributed by atoms with van der Waals surface area (Å²) in [7, 11) is 0. The molecule has 0 bridgehead atoms. The highest BCUT2D eigenvalue weighted by Gasteiger charge is 2.23. The number of furan rings is 1. The zero-order chi connectivity index (χ0) is 18.8. The highest BCUT2D eigenvalue weighted by atomic mass is 16.3. The molecule has 0 aliphatic carbocycles. The summed E-state index contributed by atoms with van der Waals surface area (Å²) in [6.45, 7) is 0. The molecule has 0 spiro atoms. The molecule has 1 N–H and O–H groups in total. The van der Waals surface area contributed by atoms with Crippen LogP contribution in [-0.4, -0.2) is 15.1 Å². The summed E-state index contributed by atoms with van der Waals surface area (Å²) in [5.74, 6) is 0.405. The normalized spacial score (nSPS) is 11.7. The Morgan fingerprint density at radius 1 is 1.00 bits per heavy atom. The molecule has 0 aliphatic heterocycles. The number of para-hydroxylation sites is 1. The summed E-state index contributed by atoms with van der Waals surface area (Å²) in [4.78, 5) is 7.81. The fourth-order valence-corrected chi connectivity index (χ4v) is 3.05. The lowest BCUT2D eigenvalue weighted by atomic mass is 9.91. The first-order chi connectivity index (χ1) is 13.2. The van der Waals surface area contributed by atoms with E-state index in [2.05, 4.69) is 22.1 Å². The lowest BCUT2D eigenvalue weighted by molar-refractivity contribution is 0.219. The molecule has 0 radical (unpaired) electrons. The molecule has 6 heteroatoms. The molecular weight excluding hydrogens is 340 g/mol. The predicted octanol–water partition coefficient (Wildman–Crippen LogP) is 3.71. The fraction of sp³-hybridized carbons (Fsp3) is 0.0476. The zero-order valence-electron chi connectivity index (χ0n) is 14.0. The number of aliphatic hydroxyl groups excluding tert-OH is 1. The molecule has 2 heterocycles. The van der Waals surface area contributed by atoms with Gasteiger partial charge in [-0.1, -0.05) is 24.3 Å². The average Bonchev–Trinajstić information content (AvgIpc) is 3.16. The first-order valence-electron chi connectivity index (χ1n) is 8.12. The van der Waals surface area contributed by atoms with Crippen LogP contribution in [0.3, 0.4) is 0 Å². The van der Waals surface area contributed by atoms with Gasteiger partial charge in [0.05, 0.1) is 22.8 Å². The molecule has 27 heavy (non-hydrogen) atoms. The number of rotatable bonds is 3. The van der Waals surface area contributed by atoms with Crippen molar-refractivity contribution in [2.45, 2.75) is 6.10 Å². The van der Waals surface area contributed by atoms with Crippen LogP contribution in [0.5, 0.6) is 0 Å². The minimum absolute atomic E-state index is 0.185. The molecule has 0 saturated carbocycles. The third-order valence-corrected chi connectivity index (χ3v) is 4.33. The van der Waals surface area contributed by atoms with E-state index in [-0.39, 0.29) is 5.56 Å². The van der Waals surface area contributed by atoms with E-state index in [1.807, 2.05) is 24.3 Å². The molecule has 2 aromatic carbocycles. The number of benzene rings is 2. The molecule has 0 aliphatic rings. The summed E-state index contributed by atoms with van der Waals surface area (Å²) < 4.78 is 5.87. The minimum atomic E-state index is -1.10. The van der Waals surface area contributed by atoms with Crippen LogP contribution in [0.15, 0.2) is 65.6 Å². The lowest BCUT2D eigenvalue weighted by Crippen LogP contribution is -2.05. The molecule has 4 rings (SSSR count). The first-order valence-corrected chi connectivity index (χ1v) is 8.12. The van der Waals surface area contributed by atoms with Gasteiger partial charge < -0.3 is 9.52 Å². The summed E-state index contributed by atoms with van der Waals surface area (Å²) in [5, 5.41) is 30.9. The number of aromatic nitrogens is 2. The molecule has 128 valence electrons. The highest BCUT2D eigenvalue weighted by molar-refractivity contribution is 5.86. The zero-order valence-corrected chi connectivity index (χ0v) is 14.0. The Morgan fingerprint density at radius 2 is 1.78 bits per heavy atom. The van der Waals surface area contributed by atoms with Gasteiger partial charge in [0.1, 0.15) is 29.8 Å². The molecule has 1 unspecified atom stereocenters. The van der Waals surface area contributed by atoms with Crippen LogP contribution in [0, 0.1) is 22.7 Å². The van der Waals surface area contributed by atoms with Crippen molar-refractivity contribution in [3.05, 3.63) is 83.4 Å². The van der Waals surface area contributed by atoms with Crippen LogP contribution in [0.2, 0.25) is 0 Å². The topological polar surface area (TPSA) is 107 Å². The molecular formula is C21H12N4O2. The average molecular weight is 352 g/mol. The van der Waals surface area contributed by atoms with Crippen molar-refractivity contribution in [1.82, 2.24) is 9.97 Å². The van der Waals surface area contributed by atoms with Gasteiger partial charge >= 0.3 is 0 Å². The predicted molar refractivity (Wildman–Crippen MR) is 97.2 cm³/mol. The fourth-order valence-electron chi connectivity index (χ4n) is 3.05. The van der Waals surface area contributed by atoms with E-state index in [1.165, 1.54) is 18.7 Å². The number of fused-ring (bicyclic) bond motifs is 1. The van der Waals surface area contributed by atoms with Gasteiger partial charge in [0, 0.05) is 28.9 Å². The quantitative estimate of drug-likeness (QED) is 0.602. The molecule has 0 fully saturated rings. The molecule has 6 nitrogen and oxygen atoms in total. The third-order valence-electron chi connectivity index (χ3n) is 4.33. The maximum Gasteiger partial charge on any atom is 0.138 e. The molecule has 0 amide bonds. The second kappa shape index (κ2) is 6.72. The molecule has 4 aromatic rings. The van der Waals surface area contributed by atoms with Crippen LogP contribution < -0.4 is 0 Å². The van der Waals surface area contributed by atoms with Crippen LogP contribution in [-0.2, 0) is 0 Å². The van der Waals surface area contributed by atoms with Gasteiger partial charge in [-0.05, 0) is 18.2 Å². The van der Waals surface area contributed by atoms with E-state index in [4.69, 9.17) is 4.42 Å². The number of hydrogen-bond acceptors (Lipinski definition) is 6. The maximum absolute atomic E-state index is 10.7. The number of nitrogens with zero attached hydrogens (tertiary/aromatic N) is 4. The second-order valence-corrected chi connectivity index (χ2v) is 5.90. The number of hydrogen-bond donors (Lipinski definition) is 1. The van der Waals surface area contributed by atoms with Gasteiger partial charge in [0.2, 0.25) is 0 Å². The van der Waals surface area contributed by atoms with Crippen LogP contribution in [0.1, 0.15) is 28.4 Å². The summed E-state index contributed by atoms with van der Waals surface area (Å²) >= 11 is 0. The number of nitriles is 2. The Kier molecular flexibility index (Phi) is 4.10. The summed E-state index contributed by atoms with van der Waals surface area (Å²) in [5.41, 5.74) is 2.32. The van der Waals surface area contributed by atoms with E-state index >= 15 is 0 Å². The lowest BCUT2D eigenvalue weighted by Gasteiger charge is -2.15. The van der Waals surface area contributed by atoms with Gasteiger partial charge in [-0.25, -0.2) is 9.97 Å². The van der Waals surface area contributed by atoms with Gasteiger partial charge in [0.15, 0.2) is 0 Å². The summed E-state index contributed by atoms with van der Waals surface area (Å²) in [6, 6.07) is 16.6. The number of aliphatic hydroxyl groups is 1. The Hall–Kier alpha value is -4.00. The van der Waals surface area contributed by atoms with Crippen molar-refractivity contribution in [3.63, 3.8) is 0 Å². The van der Waals surface area contributed by atoms with Crippen molar-refractivity contribution in [3.8, 4) is 23.5 Å². The SMILES string of the molecule is N#Cc1ccc(C(O)c2cncnc2)c(C#N)c1-c1cc2ccccc2o1. The smallest absolute Gasteiger partial charge is 0.138 e. The van der Waals surface area contributed by atoms with Gasteiger partial charge in [0.25, 0.3) is 0 Å². The van der Waals surface area contributed by atoms with E-state index < -0.39 is 6.10 Å². The van der Waals surface area contributed by atoms with Crippen molar-refractivity contribution < 1.29 is 9.52 Å². The van der Waals surface area contributed by atoms with Crippen molar-refractivity contribution in [1.29, 1.82) is 10.5 Å². The van der Waals surface area contributed by atoms with E-state index in [0.717, 1.165) is 5.39 Å². The second-order valence-electron chi connectivity index (χ2n) is 5.90. The third kappa shape index (κ3) is 2.81. The van der Waals surface area contributed by atoms with E-state index in [1.54, 1.807) is 18.2 Å². The molecule has 2 aromatic heterocycles. The monoisotopic (exact) mass is 352 g/mol. The van der Waals surface area contributed by atoms with E-state index in [0.29, 0.717) is 33.6 Å². The maximum atomic E-state index is 10.7. The van der Waals surface area contributed by atoms with E-state index in [9.17, 15) is 15.6 Å². The van der Waals surface area contributed by atoms with Crippen molar-refractivity contribution >= 4 is 11.0 Å². The minimum Gasteiger partial charge on any atom is -0.456 e. The Labute approximate surface area is 154 Å². The van der Waals surface area contributed by atoms with Crippen molar-refractivity contribution in [2.75, 3.05) is 0 Å². The molecule has 1 atom stereocenters. The van der Waals surface area contributed by atoms with Crippen LogP contribution >= 0.6 is 0 Å². The standard InChI is InChI=1S/C21H12N4O2/c22-8-14-5-6-16(21(26)15-10-24-12-25-11-15)17(9-23)20(14)19-7-13-3-1-2-4-18(13)27-19/h1-7,10-12,21,26H. The highest BCUT2D eigenvalue weighted by Crippen LogP contribution is 2.36. The van der Waals surface area contributed by atoms with Gasteiger partial charge in [-0.15, -0.1) is 0 Å². The van der Waals surface area contributed by atoms with Crippen LogP contribution in [0.4, 0.5) is 0 Å². The van der Waals surface area contributed by atoms with Crippen molar-refractivity contribution in [2.24, 2.45) is 0 Å². The Balaban J connectivity index is 1.95. The Morgan fingerprint density at radius 3 is 2.48 bits per heavy atom. The van der Waals surface area contributed by atoms with Gasteiger partial charge in [-0.2, -0.15) is 10.5 Å². The van der Waals surface area contributed by atoms with Crippen LogP contribution in [0.25, 0.3) is 22.3 Å². The largest absolute Gasteiger partial charge is 0.456 e. The molecule has 0 saturated heterocycles.